The summed E-state index contributed by atoms with van der Waals surface area (Å²) in [4.78, 5) is 4.02. The van der Waals surface area contributed by atoms with E-state index in [9.17, 15) is 0 Å². The van der Waals surface area contributed by atoms with Crippen molar-refractivity contribution in [1.29, 1.82) is 0 Å². The Morgan fingerprint density at radius 3 is 2.50 bits per heavy atom. The fourth-order valence-electron chi connectivity index (χ4n) is 1.95. The standard InChI is InChI=1S/C11H15N/c1-11(5-2-6-11)9-10-3-7-12-8-4-10/h3-4,7-8H,2,5-6,9H2,1H3. The van der Waals surface area contributed by atoms with Crippen LogP contribution in [0.5, 0.6) is 0 Å². The van der Waals surface area contributed by atoms with Crippen LogP contribution in [0.3, 0.4) is 0 Å². The summed E-state index contributed by atoms with van der Waals surface area (Å²) in [5.74, 6) is 0. The maximum absolute atomic E-state index is 4.02. The van der Waals surface area contributed by atoms with E-state index in [0.29, 0.717) is 5.41 Å². The Balaban J connectivity index is 2.04. The van der Waals surface area contributed by atoms with Gasteiger partial charge in [-0.25, -0.2) is 0 Å². The largest absolute Gasteiger partial charge is 0.265 e. The Hall–Kier alpha value is -0.850. The number of nitrogens with zero attached hydrogens (tertiary/aromatic N) is 1. The molecular formula is C11H15N. The molecule has 0 spiro atoms. The molecule has 12 heavy (non-hydrogen) atoms. The van der Waals surface area contributed by atoms with Gasteiger partial charge in [0.05, 0.1) is 0 Å². The summed E-state index contributed by atoms with van der Waals surface area (Å²) < 4.78 is 0. The van der Waals surface area contributed by atoms with Gasteiger partial charge in [0.2, 0.25) is 0 Å². The molecule has 0 unspecified atom stereocenters. The molecule has 1 aromatic rings. The predicted octanol–water partition coefficient (Wildman–Crippen LogP) is 2.81. The molecule has 0 radical (unpaired) electrons. The summed E-state index contributed by atoms with van der Waals surface area (Å²) in [6.45, 7) is 2.39. The van der Waals surface area contributed by atoms with Gasteiger partial charge in [0, 0.05) is 12.4 Å². The van der Waals surface area contributed by atoms with Gasteiger partial charge in [-0.05, 0) is 42.4 Å². The molecule has 0 saturated heterocycles. The zero-order valence-corrected chi connectivity index (χ0v) is 7.59. The van der Waals surface area contributed by atoms with Crippen LogP contribution in [-0.4, -0.2) is 4.98 Å². The molecule has 1 aliphatic rings. The van der Waals surface area contributed by atoms with Crippen LogP contribution in [0.1, 0.15) is 31.7 Å². The molecule has 1 aromatic heterocycles. The first kappa shape index (κ1) is 7.78. The predicted molar refractivity (Wildman–Crippen MR) is 49.9 cm³/mol. The lowest BCUT2D eigenvalue weighted by Crippen LogP contribution is -2.27. The maximum atomic E-state index is 4.02. The van der Waals surface area contributed by atoms with Gasteiger partial charge in [0.15, 0.2) is 0 Å². The molecular weight excluding hydrogens is 146 g/mol. The highest BCUT2D eigenvalue weighted by Crippen LogP contribution is 2.42. The van der Waals surface area contributed by atoms with Gasteiger partial charge in [-0.15, -0.1) is 0 Å². The average molecular weight is 161 g/mol. The molecule has 1 heteroatoms. The number of rotatable bonds is 2. The fourth-order valence-corrected chi connectivity index (χ4v) is 1.95. The van der Waals surface area contributed by atoms with Crippen LogP contribution >= 0.6 is 0 Å². The molecule has 0 atom stereocenters. The van der Waals surface area contributed by atoms with E-state index in [2.05, 4.69) is 24.0 Å². The molecule has 0 aromatic carbocycles. The van der Waals surface area contributed by atoms with Crippen LogP contribution in [0, 0.1) is 5.41 Å². The van der Waals surface area contributed by atoms with Gasteiger partial charge in [0.1, 0.15) is 0 Å². The SMILES string of the molecule is CC1(Cc2ccncc2)CCC1. The van der Waals surface area contributed by atoms with E-state index in [1.54, 1.807) is 0 Å². The summed E-state index contributed by atoms with van der Waals surface area (Å²) in [5.41, 5.74) is 2.04. The molecule has 1 heterocycles. The minimum Gasteiger partial charge on any atom is -0.265 e. The Bertz CT molecular complexity index is 249. The van der Waals surface area contributed by atoms with Gasteiger partial charge in [-0.2, -0.15) is 0 Å². The van der Waals surface area contributed by atoms with Crippen LogP contribution in [-0.2, 0) is 6.42 Å². The highest BCUT2D eigenvalue weighted by molar-refractivity contribution is 5.12. The van der Waals surface area contributed by atoms with Gasteiger partial charge in [-0.1, -0.05) is 13.3 Å². The Kier molecular flexibility index (Phi) is 1.87. The number of hydrogen-bond acceptors (Lipinski definition) is 1. The summed E-state index contributed by atoms with van der Waals surface area (Å²) in [6.07, 6.45) is 9.22. The fraction of sp³-hybridized carbons (Fsp3) is 0.545. The highest BCUT2D eigenvalue weighted by atomic mass is 14.6. The average Bonchev–Trinajstić information content (AvgIpc) is 2.04. The molecule has 1 fully saturated rings. The van der Waals surface area contributed by atoms with Crippen molar-refractivity contribution in [2.24, 2.45) is 5.41 Å². The van der Waals surface area contributed by atoms with Gasteiger partial charge in [0.25, 0.3) is 0 Å². The molecule has 64 valence electrons. The van der Waals surface area contributed by atoms with Crippen molar-refractivity contribution in [3.8, 4) is 0 Å². The molecule has 1 saturated carbocycles. The third kappa shape index (κ3) is 1.50. The van der Waals surface area contributed by atoms with E-state index in [-0.39, 0.29) is 0 Å². The van der Waals surface area contributed by atoms with E-state index < -0.39 is 0 Å². The maximum Gasteiger partial charge on any atom is 0.0270 e. The molecule has 2 rings (SSSR count). The molecule has 0 bridgehead atoms. The molecule has 1 aliphatic carbocycles. The molecule has 0 N–H and O–H groups in total. The normalized spacial score (nSPS) is 20.1. The van der Waals surface area contributed by atoms with Crippen molar-refractivity contribution >= 4 is 0 Å². The van der Waals surface area contributed by atoms with Gasteiger partial charge < -0.3 is 0 Å². The van der Waals surface area contributed by atoms with E-state index in [4.69, 9.17) is 0 Å². The van der Waals surface area contributed by atoms with Gasteiger partial charge >= 0.3 is 0 Å². The Morgan fingerprint density at radius 1 is 1.33 bits per heavy atom. The van der Waals surface area contributed by atoms with Crippen LogP contribution in [0.4, 0.5) is 0 Å². The minimum atomic E-state index is 0.599. The van der Waals surface area contributed by atoms with E-state index in [1.807, 2.05) is 12.4 Å². The van der Waals surface area contributed by atoms with Crippen LogP contribution in [0.15, 0.2) is 24.5 Å². The highest BCUT2D eigenvalue weighted by Gasteiger charge is 2.31. The summed E-state index contributed by atoms with van der Waals surface area (Å²) in [7, 11) is 0. The third-order valence-corrected chi connectivity index (χ3v) is 2.94. The summed E-state index contributed by atoms with van der Waals surface area (Å²) in [5, 5.41) is 0. The van der Waals surface area contributed by atoms with Crippen molar-refractivity contribution < 1.29 is 0 Å². The van der Waals surface area contributed by atoms with E-state index in [1.165, 1.54) is 31.2 Å². The Labute approximate surface area is 73.8 Å². The van der Waals surface area contributed by atoms with Crippen molar-refractivity contribution in [2.45, 2.75) is 32.6 Å². The lowest BCUT2D eigenvalue weighted by atomic mass is 9.67. The second-order valence-electron chi connectivity index (χ2n) is 4.20. The monoisotopic (exact) mass is 161 g/mol. The third-order valence-electron chi connectivity index (χ3n) is 2.94. The van der Waals surface area contributed by atoms with Crippen LogP contribution < -0.4 is 0 Å². The first-order valence-electron chi connectivity index (χ1n) is 4.67. The van der Waals surface area contributed by atoms with Gasteiger partial charge in [-0.3, -0.25) is 4.98 Å². The minimum absolute atomic E-state index is 0.599. The topological polar surface area (TPSA) is 12.9 Å². The number of pyridine rings is 1. The molecule has 1 nitrogen and oxygen atoms in total. The van der Waals surface area contributed by atoms with Crippen molar-refractivity contribution in [3.63, 3.8) is 0 Å². The lowest BCUT2D eigenvalue weighted by molar-refractivity contribution is 0.161. The van der Waals surface area contributed by atoms with Crippen molar-refractivity contribution in [1.82, 2.24) is 4.98 Å². The van der Waals surface area contributed by atoms with Crippen LogP contribution in [0.25, 0.3) is 0 Å². The quantitative estimate of drug-likeness (QED) is 0.650. The Morgan fingerprint density at radius 2 is 2.00 bits per heavy atom. The lowest BCUT2D eigenvalue weighted by Gasteiger charge is -2.38. The van der Waals surface area contributed by atoms with Crippen LogP contribution in [0.2, 0.25) is 0 Å². The number of aromatic nitrogens is 1. The first-order valence-corrected chi connectivity index (χ1v) is 4.67. The summed E-state index contributed by atoms with van der Waals surface area (Å²) >= 11 is 0. The van der Waals surface area contributed by atoms with E-state index >= 15 is 0 Å². The molecule has 0 amide bonds. The molecule has 0 aliphatic heterocycles. The number of hydrogen-bond donors (Lipinski definition) is 0. The smallest absolute Gasteiger partial charge is 0.0270 e. The zero-order chi connectivity index (χ0) is 8.44. The van der Waals surface area contributed by atoms with E-state index in [0.717, 1.165) is 0 Å². The summed E-state index contributed by atoms with van der Waals surface area (Å²) in [6, 6.07) is 4.26. The second-order valence-corrected chi connectivity index (χ2v) is 4.20. The van der Waals surface area contributed by atoms with Crippen molar-refractivity contribution in [3.05, 3.63) is 30.1 Å². The second kappa shape index (κ2) is 2.89. The van der Waals surface area contributed by atoms with Crippen molar-refractivity contribution in [2.75, 3.05) is 0 Å². The first-order chi connectivity index (χ1) is 5.79. The zero-order valence-electron chi connectivity index (χ0n) is 7.59.